The average molecular weight is 268 g/mol. The monoisotopic (exact) mass is 268 g/mol. The van der Waals surface area contributed by atoms with Gasteiger partial charge in [0.15, 0.2) is 5.17 Å². The fourth-order valence-corrected chi connectivity index (χ4v) is 2.60. The van der Waals surface area contributed by atoms with Crippen molar-refractivity contribution in [2.24, 2.45) is 4.99 Å². The number of allylic oxidation sites excluding steroid dienone is 4. The molecule has 0 saturated carbocycles. The molecule has 1 heterocycles. The van der Waals surface area contributed by atoms with Crippen molar-refractivity contribution in [3.8, 4) is 0 Å². The number of amides is 1. The topological polar surface area (TPSA) is 41.5 Å². The second-order valence-electron chi connectivity index (χ2n) is 4.20. The van der Waals surface area contributed by atoms with E-state index >= 15 is 0 Å². The first-order chi connectivity index (χ1) is 8.58. The Morgan fingerprint density at radius 3 is 3.11 bits per heavy atom. The van der Waals surface area contributed by atoms with Crippen molar-refractivity contribution in [1.82, 2.24) is 5.32 Å². The summed E-state index contributed by atoms with van der Waals surface area (Å²) in [6.45, 7) is 3.64. The summed E-state index contributed by atoms with van der Waals surface area (Å²) in [6.07, 6.45) is 7.59. The van der Waals surface area contributed by atoms with Gasteiger partial charge in [-0.2, -0.15) is 0 Å². The van der Waals surface area contributed by atoms with Crippen LogP contribution in [0.1, 0.15) is 21.7 Å². The average Bonchev–Trinajstić information content (AvgIpc) is 2.52. The van der Waals surface area contributed by atoms with Crippen LogP contribution in [0.5, 0.6) is 0 Å². The maximum Gasteiger partial charge on any atom is 0.239 e. The minimum absolute atomic E-state index is 0. The minimum Gasteiger partial charge on any atom is -0.304 e. The Labute approximate surface area is 111 Å². The highest BCUT2D eigenvalue weighted by atomic mass is 32.2. The standard InChI is InChI=1S/C13H15FN2OS.H2/c1-8(10-6-4-3-5-7-11(10)14)15-13-16-12(17)9(2)18-13;/h3-4,6-9H,5H2,1-2H3,(H,15,16,17);1H/t8-,9?;/m0./s1. The van der Waals surface area contributed by atoms with Crippen molar-refractivity contribution in [3.63, 3.8) is 0 Å². The number of rotatable bonds is 2. The lowest BCUT2D eigenvalue weighted by Crippen LogP contribution is -2.24. The van der Waals surface area contributed by atoms with Crippen LogP contribution in [0, 0.1) is 0 Å². The molecule has 0 aromatic rings. The molecule has 5 heteroatoms. The highest BCUT2D eigenvalue weighted by molar-refractivity contribution is 8.15. The number of hydrogen-bond donors (Lipinski definition) is 1. The van der Waals surface area contributed by atoms with Crippen LogP contribution in [0.2, 0.25) is 0 Å². The molecular formula is C13H17FN2OS. The molecule has 3 nitrogen and oxygen atoms in total. The second-order valence-corrected chi connectivity index (χ2v) is 5.53. The molecule has 1 aliphatic carbocycles. The lowest BCUT2D eigenvalue weighted by atomic mass is 10.1. The summed E-state index contributed by atoms with van der Waals surface area (Å²) in [4.78, 5) is 15.7. The smallest absolute Gasteiger partial charge is 0.239 e. The van der Waals surface area contributed by atoms with Crippen molar-refractivity contribution in [2.45, 2.75) is 31.6 Å². The predicted octanol–water partition coefficient (Wildman–Crippen LogP) is 2.97. The van der Waals surface area contributed by atoms with Gasteiger partial charge < -0.3 is 5.32 Å². The maximum absolute atomic E-state index is 13.8. The molecule has 1 saturated heterocycles. The Balaban J connectivity index is 0.00000180. The summed E-state index contributed by atoms with van der Waals surface area (Å²) in [6, 6.07) is -0.308. The first kappa shape index (κ1) is 13.1. The maximum atomic E-state index is 13.8. The molecule has 1 amide bonds. The Hall–Kier alpha value is -1.36. The van der Waals surface area contributed by atoms with Crippen molar-refractivity contribution < 1.29 is 10.6 Å². The molecule has 98 valence electrons. The van der Waals surface area contributed by atoms with Gasteiger partial charge in [-0.15, -0.1) is 0 Å². The van der Waals surface area contributed by atoms with Crippen LogP contribution in [0.15, 0.2) is 40.7 Å². The molecule has 0 aromatic heterocycles. The van der Waals surface area contributed by atoms with Crippen molar-refractivity contribution >= 4 is 22.8 Å². The van der Waals surface area contributed by atoms with Crippen LogP contribution < -0.4 is 5.32 Å². The number of carbonyl (C=O) groups excluding carboxylic acids is 1. The molecule has 1 unspecified atom stereocenters. The van der Waals surface area contributed by atoms with E-state index in [1.165, 1.54) is 17.8 Å². The quantitative estimate of drug-likeness (QED) is 0.836. The zero-order chi connectivity index (χ0) is 13.1. The van der Waals surface area contributed by atoms with E-state index in [0.29, 0.717) is 17.2 Å². The van der Waals surface area contributed by atoms with E-state index in [1.54, 1.807) is 6.08 Å². The van der Waals surface area contributed by atoms with E-state index in [1.807, 2.05) is 26.0 Å². The lowest BCUT2D eigenvalue weighted by Gasteiger charge is -2.10. The summed E-state index contributed by atoms with van der Waals surface area (Å²) in [7, 11) is 0. The SMILES string of the molecule is CC1SC(=N[C@@H](C)C2=CC=CCC=C2F)NC1=O.[HH]. The Morgan fingerprint density at radius 1 is 1.67 bits per heavy atom. The Kier molecular flexibility index (Phi) is 4.01. The third-order valence-electron chi connectivity index (χ3n) is 2.77. The fraction of sp³-hybridized carbons (Fsp3) is 0.385. The van der Waals surface area contributed by atoms with Crippen LogP contribution >= 0.6 is 11.8 Å². The number of halogens is 1. The van der Waals surface area contributed by atoms with Crippen LogP contribution in [-0.2, 0) is 4.79 Å². The molecule has 18 heavy (non-hydrogen) atoms. The van der Waals surface area contributed by atoms with Gasteiger partial charge in [-0.1, -0.05) is 30.0 Å². The number of thioether (sulfide) groups is 1. The van der Waals surface area contributed by atoms with Gasteiger partial charge in [0, 0.05) is 7.00 Å². The van der Waals surface area contributed by atoms with Crippen LogP contribution in [0.25, 0.3) is 0 Å². The lowest BCUT2D eigenvalue weighted by molar-refractivity contribution is -0.118. The zero-order valence-corrected chi connectivity index (χ0v) is 11.1. The summed E-state index contributed by atoms with van der Waals surface area (Å²) in [5.74, 6) is -0.282. The van der Waals surface area contributed by atoms with Gasteiger partial charge in [0.1, 0.15) is 5.83 Å². The highest BCUT2D eigenvalue weighted by Gasteiger charge is 2.26. The molecule has 0 radical (unpaired) electrons. The number of hydrogen-bond acceptors (Lipinski definition) is 3. The predicted molar refractivity (Wildman–Crippen MR) is 75.2 cm³/mol. The van der Waals surface area contributed by atoms with E-state index < -0.39 is 0 Å². The normalized spacial score (nSPS) is 27.6. The highest BCUT2D eigenvalue weighted by Crippen LogP contribution is 2.24. The molecule has 2 atom stereocenters. The number of aliphatic imine (C=N–C) groups is 1. The minimum atomic E-state index is -0.308. The van der Waals surface area contributed by atoms with Gasteiger partial charge in [-0.25, -0.2) is 4.39 Å². The summed E-state index contributed by atoms with van der Waals surface area (Å²) >= 11 is 1.37. The van der Waals surface area contributed by atoms with Gasteiger partial charge in [0.25, 0.3) is 0 Å². The number of carbonyl (C=O) groups is 1. The fourth-order valence-electron chi connectivity index (χ4n) is 1.72. The first-order valence-electron chi connectivity index (χ1n) is 5.86. The van der Waals surface area contributed by atoms with Gasteiger partial charge >= 0.3 is 0 Å². The van der Waals surface area contributed by atoms with Crippen LogP contribution in [-0.4, -0.2) is 22.4 Å². The molecule has 1 N–H and O–H groups in total. The van der Waals surface area contributed by atoms with Gasteiger partial charge in [-0.05, 0) is 26.3 Å². The van der Waals surface area contributed by atoms with E-state index in [0.717, 1.165) is 0 Å². The molecule has 1 aliphatic heterocycles. The third-order valence-corrected chi connectivity index (χ3v) is 3.77. The molecule has 0 spiro atoms. The number of amidine groups is 1. The van der Waals surface area contributed by atoms with Gasteiger partial charge in [0.05, 0.1) is 11.3 Å². The summed E-state index contributed by atoms with van der Waals surface area (Å²) < 4.78 is 13.8. The van der Waals surface area contributed by atoms with E-state index in [4.69, 9.17) is 0 Å². The largest absolute Gasteiger partial charge is 0.304 e. The van der Waals surface area contributed by atoms with Crippen molar-refractivity contribution in [3.05, 3.63) is 35.7 Å². The van der Waals surface area contributed by atoms with Crippen molar-refractivity contribution in [1.29, 1.82) is 0 Å². The number of nitrogens with zero attached hydrogens (tertiary/aromatic N) is 1. The molecule has 2 aliphatic rings. The first-order valence-corrected chi connectivity index (χ1v) is 6.74. The zero-order valence-electron chi connectivity index (χ0n) is 10.3. The second kappa shape index (κ2) is 5.52. The Morgan fingerprint density at radius 2 is 2.44 bits per heavy atom. The summed E-state index contributed by atoms with van der Waals surface area (Å²) in [5.41, 5.74) is 0.547. The van der Waals surface area contributed by atoms with Gasteiger partial charge in [-0.3, -0.25) is 9.79 Å². The summed E-state index contributed by atoms with van der Waals surface area (Å²) in [5, 5.41) is 3.14. The molecular weight excluding hydrogens is 251 g/mol. The molecule has 0 aromatic carbocycles. The van der Waals surface area contributed by atoms with Crippen LogP contribution in [0.4, 0.5) is 4.39 Å². The molecule has 0 bridgehead atoms. The molecule has 1 fully saturated rings. The van der Waals surface area contributed by atoms with E-state index in [2.05, 4.69) is 10.3 Å². The number of nitrogens with one attached hydrogen (secondary N) is 1. The molecule has 2 rings (SSSR count). The van der Waals surface area contributed by atoms with E-state index in [-0.39, 0.29) is 24.5 Å². The van der Waals surface area contributed by atoms with Gasteiger partial charge in [0.2, 0.25) is 5.91 Å². The Bertz CT molecular complexity index is 485. The van der Waals surface area contributed by atoms with Crippen LogP contribution in [0.3, 0.4) is 0 Å². The van der Waals surface area contributed by atoms with Crippen molar-refractivity contribution in [2.75, 3.05) is 0 Å². The third kappa shape index (κ3) is 2.90. The van der Waals surface area contributed by atoms with E-state index in [9.17, 15) is 9.18 Å².